The van der Waals surface area contributed by atoms with Crippen molar-refractivity contribution in [3.8, 4) is 11.3 Å². The Balaban J connectivity index is 2.15. The normalized spacial score (nSPS) is 11.0. The monoisotopic (exact) mass is 299 g/mol. The van der Waals surface area contributed by atoms with Crippen LogP contribution in [0.4, 0.5) is 5.69 Å². The van der Waals surface area contributed by atoms with Crippen LogP contribution in [0, 0.1) is 13.5 Å². The van der Waals surface area contributed by atoms with E-state index in [2.05, 4.69) is 34.5 Å². The summed E-state index contributed by atoms with van der Waals surface area (Å²) in [4.78, 5) is 3.52. The van der Waals surface area contributed by atoms with Gasteiger partial charge in [-0.2, -0.15) is 0 Å². The summed E-state index contributed by atoms with van der Waals surface area (Å²) in [5, 5.41) is 2.04. The molecule has 2 heterocycles. The van der Waals surface area contributed by atoms with Crippen molar-refractivity contribution in [3.63, 3.8) is 0 Å². The van der Waals surface area contributed by atoms with Gasteiger partial charge in [0.2, 0.25) is 5.69 Å². The first-order valence-corrected chi connectivity index (χ1v) is 7.47. The molecule has 0 aliphatic rings. The van der Waals surface area contributed by atoms with Gasteiger partial charge in [0.25, 0.3) is 0 Å². The van der Waals surface area contributed by atoms with Crippen LogP contribution in [-0.4, -0.2) is 0 Å². The number of aromatic nitrogens is 1. The minimum Gasteiger partial charge on any atom is -0.455 e. The van der Waals surface area contributed by atoms with E-state index in [1.165, 1.54) is 5.56 Å². The van der Waals surface area contributed by atoms with Crippen molar-refractivity contribution < 1.29 is 8.98 Å². The second kappa shape index (κ2) is 4.96. The molecule has 0 aliphatic carbocycles. The van der Waals surface area contributed by atoms with Crippen LogP contribution in [-0.2, 0) is 7.05 Å². The Labute approximate surface area is 134 Å². The fourth-order valence-corrected chi connectivity index (χ4v) is 3.10. The minimum absolute atomic E-state index is 0.632. The number of pyridine rings is 1. The molecule has 2 aromatic heterocycles. The van der Waals surface area contributed by atoms with Crippen molar-refractivity contribution in [2.24, 2.45) is 7.05 Å². The van der Waals surface area contributed by atoms with Crippen molar-refractivity contribution >= 4 is 27.6 Å². The standard InChI is InChI=1S/C20H15N2O/c1-13-7-9-15-16-12-14(21-2)8-10-18(16)23-20(15)19(13)17-6-4-5-11-22(17)3/h4-12H,1,3H3/q+1. The van der Waals surface area contributed by atoms with E-state index in [4.69, 9.17) is 11.0 Å². The van der Waals surface area contributed by atoms with E-state index in [1.807, 2.05) is 37.5 Å². The summed E-state index contributed by atoms with van der Waals surface area (Å²) in [6.07, 6.45) is 2.04. The molecule has 0 saturated heterocycles. The molecule has 0 aliphatic heterocycles. The van der Waals surface area contributed by atoms with Crippen molar-refractivity contribution in [2.45, 2.75) is 6.92 Å². The molecule has 0 unspecified atom stereocenters. The average Bonchev–Trinajstić information content (AvgIpc) is 2.93. The zero-order valence-corrected chi connectivity index (χ0v) is 13.0. The van der Waals surface area contributed by atoms with E-state index in [0.717, 1.165) is 33.2 Å². The molecule has 0 amide bonds. The predicted octanol–water partition coefficient (Wildman–Crippen LogP) is 4.94. The van der Waals surface area contributed by atoms with Crippen molar-refractivity contribution in [1.82, 2.24) is 0 Å². The molecular formula is C20H15N2O+. The van der Waals surface area contributed by atoms with Gasteiger partial charge in [0, 0.05) is 22.9 Å². The smallest absolute Gasteiger partial charge is 0.216 e. The lowest BCUT2D eigenvalue weighted by Crippen LogP contribution is -2.30. The number of rotatable bonds is 1. The van der Waals surface area contributed by atoms with Gasteiger partial charge in [0.05, 0.1) is 12.1 Å². The molecule has 2 aromatic carbocycles. The summed E-state index contributed by atoms with van der Waals surface area (Å²) in [6, 6.07) is 15.9. The Bertz CT molecular complexity index is 1100. The van der Waals surface area contributed by atoms with Crippen LogP contribution in [0.2, 0.25) is 0 Å². The van der Waals surface area contributed by atoms with Crippen LogP contribution in [0.1, 0.15) is 5.56 Å². The maximum Gasteiger partial charge on any atom is 0.216 e. The van der Waals surface area contributed by atoms with Crippen molar-refractivity contribution in [2.75, 3.05) is 0 Å². The number of benzene rings is 2. The lowest BCUT2D eigenvalue weighted by Gasteiger charge is -2.04. The maximum absolute atomic E-state index is 7.21. The highest BCUT2D eigenvalue weighted by Crippen LogP contribution is 2.37. The molecule has 4 aromatic rings. The Hall–Kier alpha value is -3.12. The number of nitrogens with zero attached hydrogens (tertiary/aromatic N) is 2. The molecule has 0 spiro atoms. The van der Waals surface area contributed by atoms with E-state index < -0.39 is 0 Å². The third-order valence-electron chi connectivity index (χ3n) is 4.27. The number of fused-ring (bicyclic) bond motifs is 3. The van der Waals surface area contributed by atoms with E-state index in [-0.39, 0.29) is 0 Å². The van der Waals surface area contributed by atoms with Gasteiger partial charge >= 0.3 is 0 Å². The van der Waals surface area contributed by atoms with E-state index in [1.54, 1.807) is 6.07 Å². The van der Waals surface area contributed by atoms with E-state index >= 15 is 0 Å². The number of hydrogen-bond donors (Lipinski definition) is 0. The second-order valence-electron chi connectivity index (χ2n) is 5.73. The highest BCUT2D eigenvalue weighted by atomic mass is 16.3. The zero-order valence-electron chi connectivity index (χ0n) is 13.0. The van der Waals surface area contributed by atoms with Gasteiger partial charge in [-0.3, -0.25) is 0 Å². The Kier molecular flexibility index (Phi) is 2.92. The highest BCUT2D eigenvalue weighted by molar-refractivity contribution is 6.10. The maximum atomic E-state index is 7.21. The second-order valence-corrected chi connectivity index (χ2v) is 5.73. The van der Waals surface area contributed by atoms with Crippen molar-refractivity contribution in [3.05, 3.63) is 71.7 Å². The third-order valence-corrected chi connectivity index (χ3v) is 4.27. The number of hydrogen-bond acceptors (Lipinski definition) is 1. The van der Waals surface area contributed by atoms with Crippen molar-refractivity contribution in [1.29, 1.82) is 0 Å². The summed E-state index contributed by atoms with van der Waals surface area (Å²) in [6.45, 7) is 9.31. The molecular weight excluding hydrogens is 284 g/mol. The average molecular weight is 299 g/mol. The summed E-state index contributed by atoms with van der Waals surface area (Å²) >= 11 is 0. The molecule has 0 fully saturated rings. The largest absolute Gasteiger partial charge is 0.455 e. The van der Waals surface area contributed by atoms with Crippen LogP contribution in [0.3, 0.4) is 0 Å². The molecule has 0 saturated carbocycles. The van der Waals surface area contributed by atoms with Gasteiger partial charge in [-0.05, 0) is 30.7 Å². The van der Waals surface area contributed by atoms with Gasteiger partial charge in [-0.1, -0.05) is 18.2 Å². The fourth-order valence-electron chi connectivity index (χ4n) is 3.10. The lowest BCUT2D eigenvalue weighted by atomic mass is 10.0. The molecule has 0 atom stereocenters. The van der Waals surface area contributed by atoms with Gasteiger partial charge < -0.3 is 4.42 Å². The Morgan fingerprint density at radius 2 is 1.91 bits per heavy atom. The fraction of sp³-hybridized carbons (Fsp3) is 0.100. The molecule has 110 valence electrons. The summed E-state index contributed by atoms with van der Waals surface area (Å²) in [5.41, 5.74) is 5.71. The first kappa shape index (κ1) is 13.5. The van der Waals surface area contributed by atoms with E-state index in [0.29, 0.717) is 5.69 Å². The molecule has 0 bridgehead atoms. The van der Waals surface area contributed by atoms with Gasteiger partial charge in [0.15, 0.2) is 11.9 Å². The number of aryl methyl sites for hydroxylation is 2. The minimum atomic E-state index is 0.632. The first-order valence-electron chi connectivity index (χ1n) is 7.47. The van der Waals surface area contributed by atoms with Crippen LogP contribution in [0.15, 0.2) is 59.1 Å². The SMILES string of the molecule is [C-]#[N+]c1ccc2oc3c(-c4cccc[n+]4C)c(C)ccc3c2c1. The molecule has 23 heavy (non-hydrogen) atoms. The van der Waals surface area contributed by atoms with Gasteiger partial charge in [-0.15, -0.1) is 0 Å². The molecule has 3 heteroatoms. The summed E-state index contributed by atoms with van der Waals surface area (Å²) in [5.74, 6) is 0. The van der Waals surface area contributed by atoms with Crippen LogP contribution >= 0.6 is 0 Å². The van der Waals surface area contributed by atoms with E-state index in [9.17, 15) is 0 Å². The molecule has 0 N–H and O–H groups in total. The lowest BCUT2D eigenvalue weighted by molar-refractivity contribution is -0.660. The van der Waals surface area contributed by atoms with Crippen LogP contribution in [0.5, 0.6) is 0 Å². The molecule has 3 nitrogen and oxygen atoms in total. The molecule has 0 radical (unpaired) electrons. The number of furan rings is 1. The van der Waals surface area contributed by atoms with Crippen LogP contribution in [0.25, 0.3) is 38.0 Å². The van der Waals surface area contributed by atoms with Crippen LogP contribution < -0.4 is 4.57 Å². The van der Waals surface area contributed by atoms with Gasteiger partial charge in [-0.25, -0.2) is 9.41 Å². The first-order chi connectivity index (χ1) is 11.2. The molecule has 4 rings (SSSR count). The Morgan fingerprint density at radius 1 is 1.04 bits per heavy atom. The quantitative estimate of drug-likeness (QED) is 0.360. The zero-order chi connectivity index (χ0) is 16.0. The summed E-state index contributed by atoms with van der Waals surface area (Å²) < 4.78 is 8.25. The highest BCUT2D eigenvalue weighted by Gasteiger charge is 2.19. The predicted molar refractivity (Wildman–Crippen MR) is 91.3 cm³/mol. The summed E-state index contributed by atoms with van der Waals surface area (Å²) in [7, 11) is 2.04. The third kappa shape index (κ3) is 2.00. The van der Waals surface area contributed by atoms with Gasteiger partial charge in [0.1, 0.15) is 18.2 Å². The topological polar surface area (TPSA) is 21.4 Å². The Morgan fingerprint density at radius 3 is 2.70 bits per heavy atom.